The van der Waals surface area contributed by atoms with Gasteiger partial charge in [-0.05, 0) is 37.8 Å². The van der Waals surface area contributed by atoms with Gasteiger partial charge in [0.15, 0.2) is 6.79 Å². The van der Waals surface area contributed by atoms with E-state index in [0.717, 1.165) is 18.1 Å². The normalized spacial score (nSPS) is 15.3. The molecule has 0 aromatic heterocycles. The Balaban J connectivity index is 1.78. The van der Waals surface area contributed by atoms with E-state index in [1.807, 2.05) is 13.0 Å². The fourth-order valence-electron chi connectivity index (χ4n) is 1.36. The molecule has 0 atom stereocenters. The van der Waals surface area contributed by atoms with Gasteiger partial charge in [0.25, 0.3) is 0 Å². The molecule has 0 heterocycles. The van der Waals surface area contributed by atoms with Crippen LogP contribution in [0, 0.1) is 12.8 Å². The lowest BCUT2D eigenvalue weighted by Gasteiger charge is -2.09. The first-order chi connectivity index (χ1) is 7.27. The Morgan fingerprint density at radius 1 is 1.40 bits per heavy atom. The molecule has 1 aliphatic carbocycles. The molecule has 15 heavy (non-hydrogen) atoms. The highest BCUT2D eigenvalue weighted by atomic mass is 16.7. The number of rotatable bonds is 5. The number of phenolic OH excluding ortho intramolecular Hbond substituents is 1. The zero-order valence-corrected chi connectivity index (χ0v) is 8.90. The Hall–Kier alpha value is -1.22. The molecular formula is C12H16O3. The van der Waals surface area contributed by atoms with E-state index in [-0.39, 0.29) is 12.5 Å². The van der Waals surface area contributed by atoms with Crippen molar-refractivity contribution in [2.45, 2.75) is 19.8 Å². The molecule has 1 aliphatic rings. The summed E-state index contributed by atoms with van der Waals surface area (Å²) in [6, 6.07) is 5.24. The summed E-state index contributed by atoms with van der Waals surface area (Å²) >= 11 is 0. The molecule has 82 valence electrons. The number of hydrogen-bond donors (Lipinski definition) is 1. The van der Waals surface area contributed by atoms with Crippen molar-refractivity contribution in [1.29, 1.82) is 0 Å². The van der Waals surface area contributed by atoms with Gasteiger partial charge in [-0.15, -0.1) is 0 Å². The third-order valence-electron chi connectivity index (χ3n) is 2.60. The Bertz CT molecular complexity index is 332. The molecule has 3 heteroatoms. The minimum atomic E-state index is 0.259. The van der Waals surface area contributed by atoms with Gasteiger partial charge in [-0.25, -0.2) is 0 Å². The lowest BCUT2D eigenvalue weighted by atomic mass is 10.2. The van der Waals surface area contributed by atoms with Crippen LogP contribution in [0.25, 0.3) is 0 Å². The molecule has 1 fully saturated rings. The second kappa shape index (κ2) is 4.53. The SMILES string of the molecule is Cc1c(O)cccc1OCOCC1CC1. The number of hydrogen-bond acceptors (Lipinski definition) is 3. The third-order valence-corrected chi connectivity index (χ3v) is 2.60. The highest BCUT2D eigenvalue weighted by molar-refractivity contribution is 5.42. The molecule has 0 spiro atoms. The summed E-state index contributed by atoms with van der Waals surface area (Å²) in [6.07, 6.45) is 2.57. The summed E-state index contributed by atoms with van der Waals surface area (Å²) in [4.78, 5) is 0. The largest absolute Gasteiger partial charge is 0.508 e. The maximum atomic E-state index is 9.43. The predicted octanol–water partition coefficient (Wildman–Crippen LogP) is 2.46. The van der Waals surface area contributed by atoms with Gasteiger partial charge in [0.1, 0.15) is 11.5 Å². The maximum absolute atomic E-state index is 9.43. The molecule has 0 saturated heterocycles. The van der Waals surface area contributed by atoms with Crippen LogP contribution >= 0.6 is 0 Å². The lowest BCUT2D eigenvalue weighted by molar-refractivity contribution is 0.00951. The molecule has 0 aliphatic heterocycles. The maximum Gasteiger partial charge on any atom is 0.189 e. The van der Waals surface area contributed by atoms with E-state index in [2.05, 4.69) is 0 Å². The van der Waals surface area contributed by atoms with Crippen molar-refractivity contribution in [3.63, 3.8) is 0 Å². The molecular weight excluding hydrogens is 192 g/mol. The number of phenols is 1. The molecule has 0 unspecified atom stereocenters. The third kappa shape index (κ3) is 2.86. The summed E-state index contributed by atoms with van der Waals surface area (Å²) in [6.45, 7) is 2.88. The van der Waals surface area contributed by atoms with Gasteiger partial charge in [0.2, 0.25) is 0 Å². The van der Waals surface area contributed by atoms with E-state index in [1.165, 1.54) is 12.8 Å². The second-order valence-corrected chi connectivity index (χ2v) is 3.98. The van der Waals surface area contributed by atoms with Crippen molar-refractivity contribution < 1.29 is 14.6 Å². The Kier molecular flexibility index (Phi) is 3.11. The van der Waals surface area contributed by atoms with E-state index in [9.17, 15) is 5.11 Å². The minimum absolute atomic E-state index is 0.259. The summed E-state index contributed by atoms with van der Waals surface area (Å²) < 4.78 is 10.8. The van der Waals surface area contributed by atoms with Crippen LogP contribution in [0.3, 0.4) is 0 Å². The molecule has 0 amide bonds. The topological polar surface area (TPSA) is 38.7 Å². The number of ether oxygens (including phenoxy) is 2. The van der Waals surface area contributed by atoms with Crippen molar-refractivity contribution >= 4 is 0 Å². The van der Waals surface area contributed by atoms with Crippen LogP contribution in [0.1, 0.15) is 18.4 Å². The monoisotopic (exact) mass is 208 g/mol. The van der Waals surface area contributed by atoms with Crippen LogP contribution in [0.4, 0.5) is 0 Å². The van der Waals surface area contributed by atoms with E-state index >= 15 is 0 Å². The predicted molar refractivity (Wildman–Crippen MR) is 57.0 cm³/mol. The zero-order valence-electron chi connectivity index (χ0n) is 8.90. The van der Waals surface area contributed by atoms with Crippen LogP contribution in [0.5, 0.6) is 11.5 Å². The van der Waals surface area contributed by atoms with Gasteiger partial charge in [0, 0.05) is 5.56 Å². The van der Waals surface area contributed by atoms with Crippen LogP contribution in [-0.4, -0.2) is 18.5 Å². The molecule has 1 aromatic rings. The fraction of sp³-hybridized carbons (Fsp3) is 0.500. The first-order valence-electron chi connectivity index (χ1n) is 5.26. The van der Waals surface area contributed by atoms with Gasteiger partial charge in [-0.3, -0.25) is 0 Å². The lowest BCUT2D eigenvalue weighted by Crippen LogP contribution is -2.05. The second-order valence-electron chi connectivity index (χ2n) is 3.98. The molecule has 2 rings (SSSR count). The van der Waals surface area contributed by atoms with Gasteiger partial charge in [0.05, 0.1) is 6.61 Å². The molecule has 1 aromatic carbocycles. The summed E-state index contributed by atoms with van der Waals surface area (Å²) in [5.41, 5.74) is 0.757. The van der Waals surface area contributed by atoms with E-state index in [4.69, 9.17) is 9.47 Å². The highest BCUT2D eigenvalue weighted by Crippen LogP contribution is 2.29. The first kappa shape index (κ1) is 10.3. The van der Waals surface area contributed by atoms with Crippen molar-refractivity contribution in [3.8, 4) is 11.5 Å². The van der Waals surface area contributed by atoms with Gasteiger partial charge in [-0.1, -0.05) is 6.07 Å². The Morgan fingerprint density at radius 3 is 2.93 bits per heavy atom. The Labute approximate surface area is 89.6 Å². The minimum Gasteiger partial charge on any atom is -0.508 e. The molecule has 1 N–H and O–H groups in total. The molecule has 1 saturated carbocycles. The average molecular weight is 208 g/mol. The van der Waals surface area contributed by atoms with Crippen molar-refractivity contribution in [1.82, 2.24) is 0 Å². The number of benzene rings is 1. The van der Waals surface area contributed by atoms with Crippen molar-refractivity contribution in [3.05, 3.63) is 23.8 Å². The average Bonchev–Trinajstić information content (AvgIpc) is 3.02. The van der Waals surface area contributed by atoms with Gasteiger partial charge < -0.3 is 14.6 Å². The number of aromatic hydroxyl groups is 1. The van der Waals surface area contributed by atoms with Crippen LogP contribution in [0.2, 0.25) is 0 Å². The van der Waals surface area contributed by atoms with E-state index in [0.29, 0.717) is 5.75 Å². The standard InChI is InChI=1S/C12H16O3/c1-9-11(13)3-2-4-12(9)15-8-14-7-10-5-6-10/h2-4,10,13H,5-8H2,1H3. The smallest absolute Gasteiger partial charge is 0.189 e. The molecule has 0 radical (unpaired) electrons. The quantitative estimate of drug-likeness (QED) is 0.596. The van der Waals surface area contributed by atoms with Crippen LogP contribution in [0.15, 0.2) is 18.2 Å². The first-order valence-corrected chi connectivity index (χ1v) is 5.26. The van der Waals surface area contributed by atoms with Crippen molar-refractivity contribution in [2.24, 2.45) is 5.92 Å². The van der Waals surface area contributed by atoms with E-state index < -0.39 is 0 Å². The summed E-state index contributed by atoms with van der Waals surface area (Å²) in [5.74, 6) is 1.69. The Morgan fingerprint density at radius 2 is 2.20 bits per heavy atom. The molecule has 0 bridgehead atoms. The summed E-state index contributed by atoms with van der Waals surface area (Å²) in [7, 11) is 0. The van der Waals surface area contributed by atoms with Gasteiger partial charge in [-0.2, -0.15) is 0 Å². The van der Waals surface area contributed by atoms with E-state index in [1.54, 1.807) is 12.1 Å². The van der Waals surface area contributed by atoms with Crippen LogP contribution in [-0.2, 0) is 4.74 Å². The van der Waals surface area contributed by atoms with Crippen molar-refractivity contribution in [2.75, 3.05) is 13.4 Å². The highest BCUT2D eigenvalue weighted by Gasteiger charge is 2.21. The zero-order chi connectivity index (χ0) is 10.7. The van der Waals surface area contributed by atoms with Crippen LogP contribution < -0.4 is 4.74 Å². The fourth-order valence-corrected chi connectivity index (χ4v) is 1.36. The molecule has 3 nitrogen and oxygen atoms in total. The summed E-state index contributed by atoms with van der Waals surface area (Å²) in [5, 5.41) is 9.43. The van der Waals surface area contributed by atoms with Gasteiger partial charge >= 0.3 is 0 Å².